The quantitative estimate of drug-likeness (QED) is 0.818. The Bertz CT molecular complexity index is 391. The zero-order chi connectivity index (χ0) is 12.9. The minimum absolute atomic E-state index is 0.00697. The fraction of sp³-hybridized carbons (Fsp3) is 0.462. The lowest BCUT2D eigenvalue weighted by atomic mass is 9.95. The van der Waals surface area contributed by atoms with Crippen LogP contribution in [0.3, 0.4) is 0 Å². The van der Waals surface area contributed by atoms with Crippen LogP contribution in [0.4, 0.5) is 4.39 Å². The molecule has 4 heteroatoms. The Balaban J connectivity index is 2.48. The van der Waals surface area contributed by atoms with Crippen molar-refractivity contribution in [3.8, 4) is 0 Å². The van der Waals surface area contributed by atoms with E-state index in [0.717, 1.165) is 0 Å². The minimum atomic E-state index is -0.371. The summed E-state index contributed by atoms with van der Waals surface area (Å²) in [4.78, 5) is 11.6. The van der Waals surface area contributed by atoms with Gasteiger partial charge in [0.1, 0.15) is 5.82 Å². The third kappa shape index (κ3) is 4.53. The predicted molar refractivity (Wildman–Crippen MR) is 64.0 cm³/mol. The number of carbonyl (C=O) groups excluding carboxylic acids is 1. The molecule has 0 aliphatic rings. The number of nitrogens with one attached hydrogen (secondary N) is 1. The van der Waals surface area contributed by atoms with Crippen LogP contribution in [-0.4, -0.2) is 24.2 Å². The molecule has 0 saturated heterocycles. The molecule has 0 aliphatic carbocycles. The van der Waals surface area contributed by atoms with Gasteiger partial charge in [-0.05, 0) is 11.6 Å². The lowest BCUT2D eigenvalue weighted by molar-refractivity contribution is -0.121. The van der Waals surface area contributed by atoms with E-state index in [9.17, 15) is 9.18 Å². The number of aliphatic hydroxyl groups excluding tert-OH is 1. The van der Waals surface area contributed by atoms with E-state index in [4.69, 9.17) is 5.11 Å². The van der Waals surface area contributed by atoms with Crippen molar-refractivity contribution in [2.75, 3.05) is 13.2 Å². The highest BCUT2D eigenvalue weighted by molar-refractivity contribution is 5.78. The molecule has 0 atom stereocenters. The van der Waals surface area contributed by atoms with Gasteiger partial charge >= 0.3 is 0 Å². The average molecular weight is 239 g/mol. The van der Waals surface area contributed by atoms with Crippen molar-refractivity contribution >= 4 is 5.91 Å². The molecule has 2 N–H and O–H groups in total. The second kappa shape index (κ2) is 5.77. The van der Waals surface area contributed by atoms with Crippen LogP contribution in [0.15, 0.2) is 24.3 Å². The summed E-state index contributed by atoms with van der Waals surface area (Å²) in [6, 6.07) is 6.21. The molecule has 1 amide bonds. The lowest BCUT2D eigenvalue weighted by Crippen LogP contribution is -2.36. The Labute approximate surface area is 101 Å². The summed E-state index contributed by atoms with van der Waals surface area (Å²) in [5, 5.41) is 11.7. The summed E-state index contributed by atoms with van der Waals surface area (Å²) < 4.78 is 13.3. The first-order valence-electron chi connectivity index (χ1n) is 5.55. The van der Waals surface area contributed by atoms with Crippen LogP contribution >= 0.6 is 0 Å². The summed E-state index contributed by atoms with van der Waals surface area (Å²) >= 11 is 0. The molecule has 0 aromatic heterocycles. The summed E-state index contributed by atoms with van der Waals surface area (Å²) in [7, 11) is 0. The number of carbonyl (C=O) groups is 1. The predicted octanol–water partition coefficient (Wildman–Crippen LogP) is 1.50. The third-order valence-electron chi connectivity index (χ3n) is 2.50. The Morgan fingerprint density at radius 2 is 2.06 bits per heavy atom. The first-order valence-corrected chi connectivity index (χ1v) is 5.55. The van der Waals surface area contributed by atoms with Gasteiger partial charge in [0.25, 0.3) is 0 Å². The van der Waals surface area contributed by atoms with Crippen LogP contribution in [0.2, 0.25) is 0 Å². The SMILES string of the molecule is CC(C)(CO)CNC(=O)Cc1ccccc1F. The summed E-state index contributed by atoms with van der Waals surface area (Å²) in [6.07, 6.45) is 0.0220. The van der Waals surface area contributed by atoms with Crippen molar-refractivity contribution in [2.45, 2.75) is 20.3 Å². The van der Waals surface area contributed by atoms with Crippen LogP contribution in [-0.2, 0) is 11.2 Å². The van der Waals surface area contributed by atoms with Gasteiger partial charge in [0.05, 0.1) is 6.42 Å². The number of benzene rings is 1. The average Bonchev–Trinajstić information content (AvgIpc) is 2.30. The van der Waals surface area contributed by atoms with E-state index in [1.54, 1.807) is 18.2 Å². The summed E-state index contributed by atoms with van der Waals surface area (Å²) in [5.41, 5.74) is 0.0250. The van der Waals surface area contributed by atoms with Gasteiger partial charge in [-0.2, -0.15) is 0 Å². The van der Waals surface area contributed by atoms with Gasteiger partial charge in [0.2, 0.25) is 5.91 Å². The van der Waals surface area contributed by atoms with Gasteiger partial charge in [-0.1, -0.05) is 32.0 Å². The van der Waals surface area contributed by atoms with Crippen molar-refractivity contribution in [3.05, 3.63) is 35.6 Å². The molecule has 94 valence electrons. The molecule has 1 aromatic rings. The van der Waals surface area contributed by atoms with Gasteiger partial charge in [-0.3, -0.25) is 4.79 Å². The fourth-order valence-corrected chi connectivity index (χ4v) is 1.27. The molecule has 0 aliphatic heterocycles. The Hall–Kier alpha value is -1.42. The third-order valence-corrected chi connectivity index (χ3v) is 2.50. The van der Waals surface area contributed by atoms with Crippen LogP contribution < -0.4 is 5.32 Å². The maximum atomic E-state index is 13.3. The van der Waals surface area contributed by atoms with Crippen molar-refractivity contribution < 1.29 is 14.3 Å². The normalized spacial score (nSPS) is 11.3. The van der Waals surface area contributed by atoms with Crippen molar-refractivity contribution in [1.82, 2.24) is 5.32 Å². The van der Waals surface area contributed by atoms with Gasteiger partial charge in [-0.25, -0.2) is 4.39 Å². The number of hydrogen-bond acceptors (Lipinski definition) is 2. The molecule has 17 heavy (non-hydrogen) atoms. The molecule has 1 rings (SSSR count). The summed E-state index contributed by atoms with van der Waals surface area (Å²) in [6.45, 7) is 4.05. The molecular formula is C13H18FNO2. The molecule has 0 radical (unpaired) electrons. The number of aliphatic hydroxyl groups is 1. The molecule has 0 fully saturated rings. The maximum Gasteiger partial charge on any atom is 0.224 e. The van der Waals surface area contributed by atoms with E-state index in [1.165, 1.54) is 6.07 Å². The highest BCUT2D eigenvalue weighted by Crippen LogP contribution is 2.12. The standard InChI is InChI=1S/C13H18FNO2/c1-13(2,9-16)8-15-12(17)7-10-5-3-4-6-11(10)14/h3-6,16H,7-9H2,1-2H3,(H,15,17). The molecule has 0 spiro atoms. The Kier molecular flexibility index (Phi) is 4.63. The van der Waals surface area contributed by atoms with Crippen LogP contribution in [0.5, 0.6) is 0 Å². The van der Waals surface area contributed by atoms with Gasteiger partial charge in [0, 0.05) is 18.6 Å². The van der Waals surface area contributed by atoms with Crippen molar-refractivity contribution in [2.24, 2.45) is 5.41 Å². The van der Waals surface area contributed by atoms with Gasteiger partial charge < -0.3 is 10.4 Å². The zero-order valence-electron chi connectivity index (χ0n) is 10.2. The largest absolute Gasteiger partial charge is 0.396 e. The lowest BCUT2D eigenvalue weighted by Gasteiger charge is -2.21. The van der Waals surface area contributed by atoms with E-state index < -0.39 is 0 Å². The molecule has 0 bridgehead atoms. The molecule has 3 nitrogen and oxygen atoms in total. The van der Waals surface area contributed by atoms with E-state index in [-0.39, 0.29) is 30.2 Å². The monoisotopic (exact) mass is 239 g/mol. The van der Waals surface area contributed by atoms with Crippen molar-refractivity contribution in [3.63, 3.8) is 0 Å². The summed E-state index contributed by atoms with van der Waals surface area (Å²) in [5.74, 6) is -0.610. The number of halogens is 1. The van der Waals surface area contributed by atoms with E-state index in [0.29, 0.717) is 12.1 Å². The van der Waals surface area contributed by atoms with Crippen LogP contribution in [0.1, 0.15) is 19.4 Å². The van der Waals surface area contributed by atoms with Crippen LogP contribution in [0.25, 0.3) is 0 Å². The molecule has 1 aromatic carbocycles. The first kappa shape index (κ1) is 13.6. The highest BCUT2D eigenvalue weighted by Gasteiger charge is 2.17. The topological polar surface area (TPSA) is 49.3 Å². The van der Waals surface area contributed by atoms with E-state index in [2.05, 4.69) is 5.32 Å². The number of hydrogen-bond donors (Lipinski definition) is 2. The number of rotatable bonds is 5. The smallest absolute Gasteiger partial charge is 0.224 e. The second-order valence-corrected chi connectivity index (χ2v) is 4.87. The fourth-order valence-electron chi connectivity index (χ4n) is 1.27. The maximum absolute atomic E-state index is 13.3. The second-order valence-electron chi connectivity index (χ2n) is 4.87. The first-order chi connectivity index (χ1) is 7.94. The molecule has 0 saturated carbocycles. The Morgan fingerprint density at radius 1 is 1.41 bits per heavy atom. The van der Waals surface area contributed by atoms with Crippen molar-refractivity contribution in [1.29, 1.82) is 0 Å². The highest BCUT2D eigenvalue weighted by atomic mass is 19.1. The van der Waals surface area contributed by atoms with Gasteiger partial charge in [-0.15, -0.1) is 0 Å². The van der Waals surface area contributed by atoms with E-state index in [1.807, 2.05) is 13.8 Å². The molecular weight excluding hydrogens is 221 g/mol. The zero-order valence-corrected chi connectivity index (χ0v) is 10.2. The minimum Gasteiger partial charge on any atom is -0.396 e. The van der Waals surface area contributed by atoms with Gasteiger partial charge in [0.15, 0.2) is 0 Å². The number of amides is 1. The Morgan fingerprint density at radius 3 is 2.65 bits per heavy atom. The van der Waals surface area contributed by atoms with Crippen LogP contribution in [0, 0.1) is 11.2 Å². The molecule has 0 unspecified atom stereocenters. The molecule has 0 heterocycles. The van der Waals surface area contributed by atoms with E-state index >= 15 is 0 Å².